The second kappa shape index (κ2) is 10.5. The summed E-state index contributed by atoms with van der Waals surface area (Å²) in [6.07, 6.45) is 1.59. The van der Waals surface area contributed by atoms with E-state index in [-0.39, 0.29) is 29.7 Å². The Morgan fingerprint density at radius 3 is 2.59 bits per heavy atom. The minimum absolute atomic E-state index is 0.00587. The van der Waals surface area contributed by atoms with E-state index in [9.17, 15) is 24.5 Å². The molecule has 0 radical (unpaired) electrons. The number of carbonyl (C=O) groups excluding carboxylic acids is 3. The molecule has 2 saturated heterocycles. The second-order valence-corrected chi connectivity index (χ2v) is 8.54. The lowest BCUT2D eigenvalue weighted by Crippen LogP contribution is -2.46. The molecular formula is C23H21N3O7S. The van der Waals surface area contributed by atoms with E-state index in [0.717, 1.165) is 22.2 Å². The summed E-state index contributed by atoms with van der Waals surface area (Å²) in [6, 6.07) is 13.1. The summed E-state index contributed by atoms with van der Waals surface area (Å²) >= 11 is 0.792. The van der Waals surface area contributed by atoms with Crippen LogP contribution in [0.2, 0.25) is 0 Å². The third kappa shape index (κ3) is 5.61. The molecule has 2 heterocycles. The average Bonchev–Trinajstić information content (AvgIpc) is 3.11. The molecule has 34 heavy (non-hydrogen) atoms. The number of nitro benzene ring substituents is 1. The van der Waals surface area contributed by atoms with Gasteiger partial charge in [0.05, 0.1) is 23.0 Å². The van der Waals surface area contributed by atoms with Crippen LogP contribution in [0.5, 0.6) is 5.75 Å². The third-order valence-electron chi connectivity index (χ3n) is 5.24. The summed E-state index contributed by atoms with van der Waals surface area (Å²) < 4.78 is 11.0. The number of morpholine rings is 1. The van der Waals surface area contributed by atoms with Gasteiger partial charge in [-0.05, 0) is 53.2 Å². The van der Waals surface area contributed by atoms with Gasteiger partial charge in [0.25, 0.3) is 16.8 Å². The molecule has 2 aromatic rings. The van der Waals surface area contributed by atoms with Crippen LogP contribution in [0.3, 0.4) is 0 Å². The molecule has 0 spiro atoms. The number of thioether (sulfide) groups is 1. The lowest BCUT2D eigenvalue weighted by Gasteiger charge is -2.28. The summed E-state index contributed by atoms with van der Waals surface area (Å²) in [5, 5.41) is 10.3. The maximum absolute atomic E-state index is 12.8. The van der Waals surface area contributed by atoms with Crippen LogP contribution in [0.1, 0.15) is 11.1 Å². The van der Waals surface area contributed by atoms with E-state index in [1.54, 1.807) is 47.4 Å². The van der Waals surface area contributed by atoms with Crippen LogP contribution in [0, 0.1) is 10.1 Å². The zero-order chi connectivity index (χ0) is 24.1. The molecule has 0 aromatic heterocycles. The summed E-state index contributed by atoms with van der Waals surface area (Å²) in [6.45, 7) is 1.68. The van der Waals surface area contributed by atoms with Gasteiger partial charge in [-0.3, -0.25) is 29.4 Å². The van der Waals surface area contributed by atoms with Crippen LogP contribution < -0.4 is 4.74 Å². The minimum Gasteiger partial charge on any atom is -0.489 e. The van der Waals surface area contributed by atoms with E-state index < -0.39 is 16.1 Å². The van der Waals surface area contributed by atoms with Crippen molar-refractivity contribution in [3.8, 4) is 5.75 Å². The maximum atomic E-state index is 12.8. The van der Waals surface area contributed by atoms with Crippen LogP contribution in [-0.2, 0) is 20.9 Å². The Kier molecular flexibility index (Phi) is 7.24. The Morgan fingerprint density at radius 2 is 1.88 bits per heavy atom. The molecule has 3 amide bonds. The zero-order valence-corrected chi connectivity index (χ0v) is 18.9. The monoisotopic (exact) mass is 483 g/mol. The van der Waals surface area contributed by atoms with Crippen molar-refractivity contribution in [3.63, 3.8) is 0 Å². The van der Waals surface area contributed by atoms with E-state index in [2.05, 4.69) is 0 Å². The first-order chi connectivity index (χ1) is 16.4. The summed E-state index contributed by atoms with van der Waals surface area (Å²) in [5.74, 6) is -0.254. The average molecular weight is 484 g/mol. The van der Waals surface area contributed by atoms with Gasteiger partial charge in [-0.1, -0.05) is 12.1 Å². The molecule has 0 unspecified atom stereocenters. The molecule has 0 atom stereocenters. The molecular weight excluding hydrogens is 462 g/mol. The number of carbonyl (C=O) groups is 3. The molecule has 4 rings (SSSR count). The molecule has 2 aliphatic heterocycles. The molecule has 11 heteroatoms. The highest BCUT2D eigenvalue weighted by Crippen LogP contribution is 2.32. The summed E-state index contributed by atoms with van der Waals surface area (Å²) in [5.41, 5.74) is 1.43. The summed E-state index contributed by atoms with van der Waals surface area (Å²) in [7, 11) is 0. The number of benzene rings is 2. The van der Waals surface area contributed by atoms with Crippen LogP contribution in [0.15, 0.2) is 53.4 Å². The molecule has 0 N–H and O–H groups in total. The molecule has 10 nitrogen and oxygen atoms in total. The van der Waals surface area contributed by atoms with Gasteiger partial charge in [0.1, 0.15) is 18.9 Å². The van der Waals surface area contributed by atoms with E-state index in [1.165, 1.54) is 12.1 Å². The Balaban J connectivity index is 1.39. The van der Waals surface area contributed by atoms with Crippen molar-refractivity contribution < 1.29 is 28.8 Å². The summed E-state index contributed by atoms with van der Waals surface area (Å²) in [4.78, 5) is 50.6. The quantitative estimate of drug-likeness (QED) is 0.335. The molecule has 0 bridgehead atoms. The Hall–Kier alpha value is -3.70. The maximum Gasteiger partial charge on any atom is 0.294 e. The SMILES string of the molecule is O=C(CN1C(=O)S/C(=C/c2cccc(OCc3ccc([N+](=O)[O-])cc3)c2)C1=O)N1CCOCC1. The van der Waals surface area contributed by atoms with Crippen LogP contribution in [0.4, 0.5) is 10.5 Å². The molecule has 0 aliphatic carbocycles. The smallest absolute Gasteiger partial charge is 0.294 e. The largest absolute Gasteiger partial charge is 0.489 e. The number of nitrogens with zero attached hydrogens (tertiary/aromatic N) is 3. The number of amides is 3. The minimum atomic E-state index is -0.506. The van der Waals surface area contributed by atoms with Gasteiger partial charge in [-0.25, -0.2) is 0 Å². The van der Waals surface area contributed by atoms with Crippen molar-refractivity contribution in [1.82, 2.24) is 9.80 Å². The fraction of sp³-hybridized carbons (Fsp3) is 0.261. The van der Waals surface area contributed by atoms with Crippen molar-refractivity contribution in [2.45, 2.75) is 6.61 Å². The molecule has 2 aromatic carbocycles. The number of hydrogen-bond acceptors (Lipinski definition) is 8. The first kappa shape index (κ1) is 23.5. The zero-order valence-electron chi connectivity index (χ0n) is 18.0. The number of hydrogen-bond donors (Lipinski definition) is 0. The lowest BCUT2D eigenvalue weighted by molar-refractivity contribution is -0.384. The topological polar surface area (TPSA) is 119 Å². The molecule has 2 fully saturated rings. The molecule has 176 valence electrons. The van der Waals surface area contributed by atoms with Crippen LogP contribution in [-0.4, -0.2) is 64.6 Å². The lowest BCUT2D eigenvalue weighted by atomic mass is 10.2. The van der Waals surface area contributed by atoms with Gasteiger partial charge in [0.2, 0.25) is 5.91 Å². The number of rotatable bonds is 7. The van der Waals surface area contributed by atoms with Crippen LogP contribution >= 0.6 is 11.8 Å². The Morgan fingerprint density at radius 1 is 1.15 bits per heavy atom. The van der Waals surface area contributed by atoms with Gasteiger partial charge < -0.3 is 14.4 Å². The van der Waals surface area contributed by atoms with E-state index in [0.29, 0.717) is 37.6 Å². The van der Waals surface area contributed by atoms with Crippen molar-refractivity contribution >= 4 is 40.6 Å². The highest BCUT2D eigenvalue weighted by molar-refractivity contribution is 8.18. The van der Waals surface area contributed by atoms with Crippen LogP contribution in [0.25, 0.3) is 6.08 Å². The normalized spacial score (nSPS) is 17.4. The van der Waals surface area contributed by atoms with E-state index in [4.69, 9.17) is 9.47 Å². The van der Waals surface area contributed by atoms with Gasteiger partial charge in [0, 0.05) is 25.2 Å². The van der Waals surface area contributed by atoms with E-state index >= 15 is 0 Å². The fourth-order valence-corrected chi connectivity index (χ4v) is 4.25. The number of ether oxygens (including phenoxy) is 2. The number of imide groups is 1. The molecule has 0 saturated carbocycles. The first-order valence-corrected chi connectivity index (χ1v) is 11.3. The first-order valence-electron chi connectivity index (χ1n) is 10.5. The van der Waals surface area contributed by atoms with Gasteiger partial charge in [-0.15, -0.1) is 0 Å². The highest BCUT2D eigenvalue weighted by atomic mass is 32.2. The third-order valence-corrected chi connectivity index (χ3v) is 6.15. The Labute approximate surface area is 199 Å². The van der Waals surface area contributed by atoms with Gasteiger partial charge in [0.15, 0.2) is 0 Å². The fourth-order valence-electron chi connectivity index (χ4n) is 3.41. The van der Waals surface area contributed by atoms with Crippen molar-refractivity contribution in [1.29, 1.82) is 0 Å². The van der Waals surface area contributed by atoms with E-state index in [1.807, 2.05) is 0 Å². The van der Waals surface area contributed by atoms with Crippen molar-refractivity contribution in [2.75, 3.05) is 32.8 Å². The standard InChI is InChI=1S/C23H21N3O7S/c27-21(24-8-10-32-11-9-24)14-25-22(28)20(34-23(25)29)13-17-2-1-3-19(12-17)33-15-16-4-6-18(7-5-16)26(30)31/h1-7,12-13H,8-11,14-15H2/b20-13+. The highest BCUT2D eigenvalue weighted by Gasteiger charge is 2.37. The molecule has 2 aliphatic rings. The predicted molar refractivity (Wildman–Crippen MR) is 124 cm³/mol. The van der Waals surface area contributed by atoms with Gasteiger partial charge >= 0.3 is 0 Å². The van der Waals surface area contributed by atoms with Gasteiger partial charge in [-0.2, -0.15) is 0 Å². The Bertz CT molecular complexity index is 1140. The number of non-ortho nitro benzene ring substituents is 1. The predicted octanol–water partition coefficient (Wildman–Crippen LogP) is 3.07. The number of nitro groups is 1. The second-order valence-electron chi connectivity index (χ2n) is 7.55. The van der Waals surface area contributed by atoms with Crippen molar-refractivity contribution in [2.24, 2.45) is 0 Å². The van der Waals surface area contributed by atoms with Crippen molar-refractivity contribution in [3.05, 3.63) is 74.7 Å².